The lowest BCUT2D eigenvalue weighted by Gasteiger charge is -2.30. The molecule has 2 aliphatic carbocycles. The van der Waals surface area contributed by atoms with Gasteiger partial charge < -0.3 is 0 Å². The van der Waals surface area contributed by atoms with Crippen LogP contribution in [0.3, 0.4) is 0 Å². The van der Waals surface area contributed by atoms with Crippen molar-refractivity contribution in [1.29, 1.82) is 0 Å². The lowest BCUT2D eigenvalue weighted by atomic mass is 9.79. The summed E-state index contributed by atoms with van der Waals surface area (Å²) in [5, 5.41) is 0. The van der Waals surface area contributed by atoms with Gasteiger partial charge in [-0.2, -0.15) is 0 Å². The van der Waals surface area contributed by atoms with Crippen LogP contribution in [0.25, 0.3) is 34.4 Å². The molecule has 1 heteroatoms. The molecule has 47 heavy (non-hydrogen) atoms. The highest BCUT2D eigenvalue weighted by molar-refractivity contribution is 6.36. The Labute approximate surface area is 288 Å². The standard InChI is InChI=1S/C46H56Si/c1-29(2)31-17-11-13-19-33(31)35-21-15-23-37-39(35)25-43(45(5,6)7)41(37)27-47-28-42-38-24-16-22-36(40(38)26-44(42)46(8,9)10)34-20-14-12-18-32(34)30(3)4/h11-26,29-30,41-42H,27-28,47H2,1-10H3. The minimum Gasteiger partial charge on any atom is -0.0619 e. The second-order valence-corrected chi connectivity index (χ2v) is 18.7. The molecule has 0 aromatic heterocycles. The molecule has 0 saturated carbocycles. The molecule has 0 amide bonds. The fourth-order valence-corrected chi connectivity index (χ4v) is 10.8. The third kappa shape index (κ3) is 6.41. The van der Waals surface area contributed by atoms with Gasteiger partial charge in [0, 0.05) is 21.4 Å². The normalized spacial score (nSPS) is 17.9. The Morgan fingerprint density at radius 1 is 0.489 bits per heavy atom. The van der Waals surface area contributed by atoms with E-state index in [1.807, 2.05) is 0 Å². The summed E-state index contributed by atoms with van der Waals surface area (Å²) in [4.78, 5) is 0. The molecule has 6 rings (SSSR count). The highest BCUT2D eigenvalue weighted by Gasteiger charge is 2.36. The van der Waals surface area contributed by atoms with Gasteiger partial charge in [-0.25, -0.2) is 0 Å². The van der Waals surface area contributed by atoms with E-state index in [0.717, 1.165) is 0 Å². The highest BCUT2D eigenvalue weighted by Crippen LogP contribution is 2.52. The van der Waals surface area contributed by atoms with E-state index < -0.39 is 0 Å². The Kier molecular flexibility index (Phi) is 9.18. The van der Waals surface area contributed by atoms with Crippen molar-refractivity contribution in [3.8, 4) is 22.3 Å². The largest absolute Gasteiger partial charge is 0.0619 e. The Morgan fingerprint density at radius 3 is 1.21 bits per heavy atom. The number of benzene rings is 4. The lowest BCUT2D eigenvalue weighted by molar-refractivity contribution is 0.475. The average molecular weight is 637 g/mol. The molecular formula is C46H56Si. The summed E-state index contributed by atoms with van der Waals surface area (Å²) < 4.78 is 0. The third-order valence-corrected chi connectivity index (χ3v) is 12.8. The van der Waals surface area contributed by atoms with Gasteiger partial charge in [-0.1, -0.05) is 190 Å². The van der Waals surface area contributed by atoms with Crippen LogP contribution in [0.5, 0.6) is 0 Å². The zero-order chi connectivity index (χ0) is 33.7. The van der Waals surface area contributed by atoms with Crippen LogP contribution >= 0.6 is 0 Å². The minimum atomic E-state index is -0.379. The number of rotatable bonds is 8. The zero-order valence-corrected chi connectivity index (χ0v) is 32.1. The molecule has 0 nitrogen and oxygen atoms in total. The molecule has 0 bridgehead atoms. The van der Waals surface area contributed by atoms with Crippen molar-refractivity contribution in [1.82, 2.24) is 0 Å². The van der Waals surface area contributed by atoms with Crippen molar-refractivity contribution in [3.63, 3.8) is 0 Å². The fraction of sp³-hybridized carbons (Fsp3) is 0.391. The van der Waals surface area contributed by atoms with Crippen molar-refractivity contribution in [2.24, 2.45) is 10.8 Å². The van der Waals surface area contributed by atoms with Crippen molar-refractivity contribution in [2.45, 2.75) is 105 Å². The van der Waals surface area contributed by atoms with E-state index in [4.69, 9.17) is 0 Å². The Morgan fingerprint density at radius 2 is 0.851 bits per heavy atom. The predicted molar refractivity (Wildman–Crippen MR) is 210 cm³/mol. The predicted octanol–water partition coefficient (Wildman–Crippen LogP) is 13.0. The van der Waals surface area contributed by atoms with Crippen LogP contribution in [0.4, 0.5) is 0 Å². The molecule has 4 aromatic rings. The molecule has 0 heterocycles. The molecule has 2 unspecified atom stereocenters. The maximum Gasteiger partial charge on any atom is 0.0218 e. The van der Waals surface area contributed by atoms with E-state index in [2.05, 4.69) is 166 Å². The van der Waals surface area contributed by atoms with E-state index >= 15 is 0 Å². The maximum atomic E-state index is 2.59. The highest BCUT2D eigenvalue weighted by atomic mass is 28.2. The molecule has 2 aliphatic rings. The van der Waals surface area contributed by atoms with Crippen LogP contribution in [-0.2, 0) is 0 Å². The number of allylic oxidation sites excluding steroid dienone is 2. The van der Waals surface area contributed by atoms with Crippen LogP contribution in [0.2, 0.25) is 12.1 Å². The molecule has 0 saturated heterocycles. The molecule has 244 valence electrons. The van der Waals surface area contributed by atoms with Crippen molar-refractivity contribution >= 4 is 21.7 Å². The average Bonchev–Trinajstić information content (AvgIpc) is 3.60. The van der Waals surface area contributed by atoms with E-state index in [1.54, 1.807) is 22.3 Å². The number of hydrogen-bond donors (Lipinski definition) is 0. The third-order valence-electron chi connectivity index (χ3n) is 10.8. The molecule has 4 aromatic carbocycles. The summed E-state index contributed by atoms with van der Waals surface area (Å²) in [6, 6.07) is 35.0. The van der Waals surface area contributed by atoms with Crippen LogP contribution in [0.1, 0.15) is 126 Å². The van der Waals surface area contributed by atoms with E-state index in [1.165, 1.54) is 56.6 Å². The first-order valence-corrected chi connectivity index (χ1v) is 20.2. The van der Waals surface area contributed by atoms with E-state index in [9.17, 15) is 0 Å². The van der Waals surface area contributed by atoms with Gasteiger partial charge in [0.1, 0.15) is 0 Å². The Bertz CT molecular complexity index is 1700. The molecule has 0 radical (unpaired) electrons. The Hall–Kier alpha value is -3.42. The summed E-state index contributed by atoms with van der Waals surface area (Å²) in [6.07, 6.45) is 5.18. The molecule has 0 fully saturated rings. The molecular weight excluding hydrogens is 581 g/mol. The van der Waals surface area contributed by atoms with E-state index in [0.29, 0.717) is 23.7 Å². The summed E-state index contributed by atoms with van der Waals surface area (Å²) in [5.41, 5.74) is 18.1. The first-order valence-electron chi connectivity index (χ1n) is 18.2. The van der Waals surface area contributed by atoms with Gasteiger partial charge in [-0.3, -0.25) is 0 Å². The quantitative estimate of drug-likeness (QED) is 0.169. The summed E-state index contributed by atoms with van der Waals surface area (Å²) in [5.74, 6) is 2.04. The molecule has 2 atom stereocenters. The second-order valence-electron chi connectivity index (χ2n) is 16.8. The first-order chi connectivity index (χ1) is 22.3. The topological polar surface area (TPSA) is 0 Å². The van der Waals surface area contributed by atoms with Crippen molar-refractivity contribution in [2.75, 3.05) is 0 Å². The first kappa shape index (κ1) is 33.5. The number of hydrogen-bond acceptors (Lipinski definition) is 0. The van der Waals surface area contributed by atoms with Crippen LogP contribution in [-0.4, -0.2) is 9.52 Å². The van der Waals surface area contributed by atoms with Crippen LogP contribution in [0.15, 0.2) is 96.1 Å². The summed E-state index contributed by atoms with van der Waals surface area (Å²) >= 11 is 0. The van der Waals surface area contributed by atoms with Gasteiger partial charge in [0.25, 0.3) is 0 Å². The fourth-order valence-electron chi connectivity index (χ4n) is 8.53. The van der Waals surface area contributed by atoms with Crippen molar-refractivity contribution in [3.05, 3.63) is 129 Å². The summed E-state index contributed by atoms with van der Waals surface area (Å²) in [6.45, 7) is 23.8. The summed E-state index contributed by atoms with van der Waals surface area (Å²) in [7, 11) is -0.379. The lowest BCUT2D eigenvalue weighted by Crippen LogP contribution is -2.18. The van der Waals surface area contributed by atoms with Gasteiger partial charge in [0.15, 0.2) is 0 Å². The smallest absolute Gasteiger partial charge is 0.0218 e. The van der Waals surface area contributed by atoms with Gasteiger partial charge >= 0.3 is 0 Å². The molecule has 0 N–H and O–H groups in total. The zero-order valence-electron chi connectivity index (χ0n) is 30.7. The maximum absolute atomic E-state index is 2.59. The Balaban J connectivity index is 1.33. The van der Waals surface area contributed by atoms with Crippen LogP contribution < -0.4 is 0 Å². The van der Waals surface area contributed by atoms with Gasteiger partial charge in [0.05, 0.1) is 0 Å². The second kappa shape index (κ2) is 12.9. The van der Waals surface area contributed by atoms with Crippen LogP contribution in [0, 0.1) is 10.8 Å². The van der Waals surface area contributed by atoms with Gasteiger partial charge in [0.2, 0.25) is 0 Å². The molecule has 0 aliphatic heterocycles. The van der Waals surface area contributed by atoms with Crippen molar-refractivity contribution < 1.29 is 0 Å². The van der Waals surface area contributed by atoms with E-state index in [-0.39, 0.29) is 20.3 Å². The molecule has 0 spiro atoms. The minimum absolute atomic E-state index is 0.141. The SMILES string of the molecule is CC(C)c1ccccc1-c1cccc2c1C=C(C(C)(C)C)C2C[SiH2]CC1C(C(C)(C)C)=Cc2c(-c3ccccc3C(C)C)cccc21. The number of fused-ring (bicyclic) bond motifs is 2. The monoisotopic (exact) mass is 636 g/mol. The van der Waals surface area contributed by atoms with Gasteiger partial charge in [-0.05, 0) is 78.3 Å². The van der Waals surface area contributed by atoms with Gasteiger partial charge in [-0.15, -0.1) is 0 Å².